The van der Waals surface area contributed by atoms with Gasteiger partial charge in [-0.05, 0) is 35.7 Å². The van der Waals surface area contributed by atoms with Crippen molar-refractivity contribution in [2.75, 3.05) is 11.9 Å². The molecule has 0 saturated heterocycles. The smallest absolute Gasteiger partial charge is 0.291 e. The SMILES string of the molecule is Cc1c([N+](=O)[O-])cnc(NC2(CN)CCCC2)c1Br. The Bertz CT molecular complexity index is 501. The zero-order valence-electron chi connectivity index (χ0n) is 10.8. The van der Waals surface area contributed by atoms with Gasteiger partial charge in [-0.1, -0.05) is 12.8 Å². The summed E-state index contributed by atoms with van der Waals surface area (Å²) in [6.07, 6.45) is 5.60. The van der Waals surface area contributed by atoms with Gasteiger partial charge in [0.05, 0.1) is 14.9 Å². The summed E-state index contributed by atoms with van der Waals surface area (Å²) >= 11 is 3.39. The molecule has 0 aliphatic heterocycles. The molecule has 0 unspecified atom stereocenters. The zero-order chi connectivity index (χ0) is 14.0. The van der Waals surface area contributed by atoms with Crippen molar-refractivity contribution < 1.29 is 4.92 Å². The highest BCUT2D eigenvalue weighted by atomic mass is 79.9. The number of nitrogens with two attached hydrogens (primary N) is 1. The first-order valence-corrected chi connectivity index (χ1v) is 7.06. The topological polar surface area (TPSA) is 94.1 Å². The predicted molar refractivity (Wildman–Crippen MR) is 77.2 cm³/mol. The van der Waals surface area contributed by atoms with Crippen LogP contribution in [0.3, 0.4) is 0 Å². The van der Waals surface area contributed by atoms with Crippen LogP contribution in [0.4, 0.5) is 11.5 Å². The third-order valence-corrected chi connectivity index (χ3v) is 4.74. The van der Waals surface area contributed by atoms with Gasteiger partial charge >= 0.3 is 0 Å². The average molecular weight is 329 g/mol. The van der Waals surface area contributed by atoms with Crippen molar-refractivity contribution in [2.45, 2.75) is 38.1 Å². The summed E-state index contributed by atoms with van der Waals surface area (Å²) in [5.41, 5.74) is 6.34. The van der Waals surface area contributed by atoms with E-state index in [4.69, 9.17) is 5.73 Å². The van der Waals surface area contributed by atoms with Crippen molar-refractivity contribution in [2.24, 2.45) is 5.73 Å². The highest BCUT2D eigenvalue weighted by Crippen LogP contribution is 2.36. The van der Waals surface area contributed by atoms with Crippen molar-refractivity contribution in [1.82, 2.24) is 4.98 Å². The van der Waals surface area contributed by atoms with E-state index < -0.39 is 4.92 Å². The quantitative estimate of drug-likeness (QED) is 0.654. The van der Waals surface area contributed by atoms with Crippen molar-refractivity contribution in [3.63, 3.8) is 0 Å². The fraction of sp³-hybridized carbons (Fsp3) is 0.583. The highest BCUT2D eigenvalue weighted by Gasteiger charge is 2.33. The second-order valence-electron chi connectivity index (χ2n) is 5.00. The number of halogens is 1. The van der Waals surface area contributed by atoms with Crippen LogP contribution in [0.25, 0.3) is 0 Å². The van der Waals surface area contributed by atoms with Crippen LogP contribution in [0, 0.1) is 17.0 Å². The summed E-state index contributed by atoms with van der Waals surface area (Å²) in [6, 6.07) is 0. The molecule has 0 atom stereocenters. The summed E-state index contributed by atoms with van der Waals surface area (Å²) in [6.45, 7) is 2.25. The summed E-state index contributed by atoms with van der Waals surface area (Å²) in [7, 11) is 0. The van der Waals surface area contributed by atoms with Crippen molar-refractivity contribution in [3.8, 4) is 0 Å². The molecule has 1 aliphatic carbocycles. The molecular weight excluding hydrogens is 312 g/mol. The standard InChI is InChI=1S/C12H17BrN4O2/c1-8-9(17(18)19)6-15-11(10(8)13)16-12(7-14)4-2-3-5-12/h6H,2-5,7,14H2,1H3,(H,15,16). The van der Waals surface area contributed by atoms with Gasteiger partial charge in [0.2, 0.25) is 0 Å². The Morgan fingerprint density at radius 2 is 2.21 bits per heavy atom. The molecule has 1 fully saturated rings. The molecule has 1 heterocycles. The summed E-state index contributed by atoms with van der Waals surface area (Å²) in [5, 5.41) is 14.2. The molecule has 1 aliphatic rings. The lowest BCUT2D eigenvalue weighted by Gasteiger charge is -2.30. The number of rotatable bonds is 4. The lowest BCUT2D eigenvalue weighted by atomic mass is 9.98. The number of anilines is 1. The minimum Gasteiger partial charge on any atom is -0.362 e. The van der Waals surface area contributed by atoms with E-state index in [1.54, 1.807) is 6.92 Å². The minimum atomic E-state index is -0.425. The Morgan fingerprint density at radius 3 is 2.74 bits per heavy atom. The van der Waals surface area contributed by atoms with Crippen LogP contribution < -0.4 is 11.1 Å². The molecule has 1 aromatic heterocycles. The maximum absolute atomic E-state index is 10.9. The molecule has 1 saturated carbocycles. The lowest BCUT2D eigenvalue weighted by molar-refractivity contribution is -0.385. The maximum Gasteiger partial charge on any atom is 0.291 e. The van der Waals surface area contributed by atoms with E-state index in [0.717, 1.165) is 25.7 Å². The molecule has 3 N–H and O–H groups in total. The fourth-order valence-electron chi connectivity index (χ4n) is 2.52. The second kappa shape index (κ2) is 5.42. The molecule has 0 spiro atoms. The number of nitrogens with one attached hydrogen (secondary N) is 1. The van der Waals surface area contributed by atoms with E-state index in [1.807, 2.05) is 0 Å². The van der Waals surface area contributed by atoms with Crippen molar-refractivity contribution in [3.05, 3.63) is 26.3 Å². The molecule has 2 rings (SSSR count). The van der Waals surface area contributed by atoms with Crippen LogP contribution in [-0.2, 0) is 0 Å². The number of hydrogen-bond acceptors (Lipinski definition) is 5. The van der Waals surface area contributed by atoms with Crippen LogP contribution in [0.5, 0.6) is 0 Å². The Balaban J connectivity index is 2.31. The molecule has 7 heteroatoms. The molecule has 0 aromatic carbocycles. The van der Waals surface area contributed by atoms with Gasteiger partial charge in [0.1, 0.15) is 12.0 Å². The second-order valence-corrected chi connectivity index (χ2v) is 5.80. The van der Waals surface area contributed by atoms with Crippen LogP contribution >= 0.6 is 15.9 Å². The maximum atomic E-state index is 10.9. The van der Waals surface area contributed by atoms with Gasteiger partial charge in [-0.25, -0.2) is 4.98 Å². The number of hydrogen-bond donors (Lipinski definition) is 2. The molecule has 19 heavy (non-hydrogen) atoms. The van der Waals surface area contributed by atoms with Crippen molar-refractivity contribution >= 4 is 27.4 Å². The van der Waals surface area contributed by atoms with Gasteiger partial charge in [-0.15, -0.1) is 0 Å². The van der Waals surface area contributed by atoms with Crippen LogP contribution in [-0.4, -0.2) is 22.0 Å². The fourth-order valence-corrected chi connectivity index (χ4v) is 2.93. The van der Waals surface area contributed by atoms with E-state index >= 15 is 0 Å². The summed E-state index contributed by atoms with van der Waals surface area (Å²) in [4.78, 5) is 14.6. The van der Waals surface area contributed by atoms with Crippen LogP contribution in [0.1, 0.15) is 31.2 Å². The predicted octanol–water partition coefficient (Wildman–Crippen LogP) is 2.74. The largest absolute Gasteiger partial charge is 0.362 e. The molecule has 6 nitrogen and oxygen atoms in total. The number of aromatic nitrogens is 1. The van der Waals surface area contributed by atoms with E-state index in [1.165, 1.54) is 6.20 Å². The van der Waals surface area contributed by atoms with Gasteiger partial charge in [-0.3, -0.25) is 10.1 Å². The molecule has 1 aromatic rings. The first-order valence-electron chi connectivity index (χ1n) is 6.27. The average Bonchev–Trinajstić information content (AvgIpc) is 2.84. The molecule has 0 amide bonds. The van der Waals surface area contributed by atoms with Gasteiger partial charge in [0, 0.05) is 12.1 Å². The van der Waals surface area contributed by atoms with Gasteiger partial charge < -0.3 is 11.1 Å². The number of nitrogens with zero attached hydrogens (tertiary/aromatic N) is 2. The minimum absolute atomic E-state index is 0.0191. The van der Waals surface area contributed by atoms with E-state index in [-0.39, 0.29) is 11.2 Å². The Labute approximate surface area is 120 Å². The Hall–Kier alpha value is -1.21. The Kier molecular flexibility index (Phi) is 4.05. The van der Waals surface area contributed by atoms with Crippen molar-refractivity contribution in [1.29, 1.82) is 0 Å². The first-order chi connectivity index (χ1) is 8.99. The third kappa shape index (κ3) is 2.71. The highest BCUT2D eigenvalue weighted by molar-refractivity contribution is 9.10. The Morgan fingerprint density at radius 1 is 1.58 bits per heavy atom. The molecular formula is C12H17BrN4O2. The van der Waals surface area contributed by atoms with Crippen LogP contribution in [0.2, 0.25) is 0 Å². The molecule has 0 bridgehead atoms. The van der Waals surface area contributed by atoms with Gasteiger partial charge in [0.15, 0.2) is 0 Å². The lowest BCUT2D eigenvalue weighted by Crippen LogP contribution is -2.43. The van der Waals surface area contributed by atoms with E-state index in [9.17, 15) is 10.1 Å². The van der Waals surface area contributed by atoms with Gasteiger partial charge in [-0.2, -0.15) is 0 Å². The third-order valence-electron chi connectivity index (χ3n) is 3.77. The summed E-state index contributed by atoms with van der Waals surface area (Å²) in [5.74, 6) is 0.635. The van der Waals surface area contributed by atoms with E-state index in [0.29, 0.717) is 22.4 Å². The number of pyridine rings is 1. The monoisotopic (exact) mass is 328 g/mol. The van der Waals surface area contributed by atoms with Crippen LogP contribution in [0.15, 0.2) is 10.7 Å². The first kappa shape index (κ1) is 14.2. The normalized spacial score (nSPS) is 17.4. The molecule has 0 radical (unpaired) electrons. The molecule has 104 valence electrons. The van der Waals surface area contributed by atoms with Gasteiger partial charge in [0.25, 0.3) is 5.69 Å². The summed E-state index contributed by atoms with van der Waals surface area (Å²) < 4.78 is 0.640. The number of nitro groups is 1. The zero-order valence-corrected chi connectivity index (χ0v) is 12.4. The van der Waals surface area contributed by atoms with E-state index in [2.05, 4.69) is 26.2 Å².